The fourth-order valence-electron chi connectivity index (χ4n) is 2.25. The molecule has 0 saturated carbocycles. The number of hydrogen-bond acceptors (Lipinski definition) is 2. The van der Waals surface area contributed by atoms with Gasteiger partial charge in [-0.05, 0) is 44.0 Å². The van der Waals surface area contributed by atoms with Crippen molar-refractivity contribution < 1.29 is 21.6 Å². The van der Waals surface area contributed by atoms with Gasteiger partial charge in [0.05, 0.1) is 5.69 Å². The first-order chi connectivity index (χ1) is 10.1. The predicted octanol–water partition coefficient (Wildman–Crippen LogP) is 3.83. The van der Waals surface area contributed by atoms with Crippen LogP contribution in [0.2, 0.25) is 0 Å². The molecule has 0 unspecified atom stereocenters. The summed E-state index contributed by atoms with van der Waals surface area (Å²) >= 11 is 0. The minimum Gasteiger partial charge on any atom is -0.279 e. The van der Waals surface area contributed by atoms with E-state index in [0.29, 0.717) is 23.3 Å². The first-order valence-electron chi connectivity index (χ1n) is 6.37. The monoisotopic (exact) mass is 329 g/mol. The summed E-state index contributed by atoms with van der Waals surface area (Å²) < 4.78 is 66.5. The van der Waals surface area contributed by atoms with Gasteiger partial charge >= 0.3 is 0 Å². The maximum Gasteiger partial charge on any atom is 0.264 e. The third-order valence-electron chi connectivity index (χ3n) is 3.20. The number of anilines is 1. The second-order valence-corrected chi connectivity index (χ2v) is 6.70. The molecule has 0 atom stereocenters. The zero-order chi connectivity index (χ0) is 16.7. The van der Waals surface area contributed by atoms with E-state index in [1.807, 2.05) is 6.92 Å². The Morgan fingerprint density at radius 3 is 2.00 bits per heavy atom. The summed E-state index contributed by atoms with van der Waals surface area (Å²) in [5.74, 6) is -5.01. The molecule has 1 N–H and O–H groups in total. The molecule has 0 fully saturated rings. The lowest BCUT2D eigenvalue weighted by atomic mass is 10.1. The van der Waals surface area contributed by atoms with Crippen molar-refractivity contribution in [1.29, 1.82) is 0 Å². The predicted molar refractivity (Wildman–Crippen MR) is 77.8 cm³/mol. The number of sulfonamides is 1. The van der Waals surface area contributed by atoms with Crippen LogP contribution in [0.4, 0.5) is 18.9 Å². The Bertz CT molecular complexity index is 825. The normalized spacial score (nSPS) is 11.5. The number of hydrogen-bond donors (Lipinski definition) is 1. The second-order valence-electron chi connectivity index (χ2n) is 5.05. The molecule has 22 heavy (non-hydrogen) atoms. The minimum absolute atomic E-state index is 0.287. The summed E-state index contributed by atoms with van der Waals surface area (Å²) in [6.45, 7) is 5.24. The van der Waals surface area contributed by atoms with E-state index in [-0.39, 0.29) is 5.69 Å². The first kappa shape index (κ1) is 16.4. The van der Waals surface area contributed by atoms with Crippen molar-refractivity contribution in [3.63, 3.8) is 0 Å². The molecule has 2 aromatic rings. The highest BCUT2D eigenvalue weighted by Crippen LogP contribution is 2.27. The van der Waals surface area contributed by atoms with Gasteiger partial charge in [0.1, 0.15) is 4.90 Å². The number of benzene rings is 2. The third-order valence-corrected chi connectivity index (χ3v) is 4.57. The van der Waals surface area contributed by atoms with Gasteiger partial charge < -0.3 is 0 Å². The molecule has 0 bridgehead atoms. The highest BCUT2D eigenvalue weighted by molar-refractivity contribution is 7.92. The Morgan fingerprint density at radius 1 is 0.909 bits per heavy atom. The van der Waals surface area contributed by atoms with Crippen molar-refractivity contribution in [3.05, 3.63) is 58.4 Å². The zero-order valence-corrected chi connectivity index (χ0v) is 13.0. The lowest BCUT2D eigenvalue weighted by molar-refractivity contribution is 0.432. The largest absolute Gasteiger partial charge is 0.279 e. The van der Waals surface area contributed by atoms with Gasteiger partial charge in [0.15, 0.2) is 17.5 Å². The van der Waals surface area contributed by atoms with Gasteiger partial charge in [-0.25, -0.2) is 21.6 Å². The molecular weight excluding hydrogens is 315 g/mol. The Balaban J connectivity index is 2.52. The van der Waals surface area contributed by atoms with Crippen LogP contribution in [0.15, 0.2) is 29.2 Å². The van der Waals surface area contributed by atoms with E-state index in [4.69, 9.17) is 0 Å². The van der Waals surface area contributed by atoms with E-state index in [1.54, 1.807) is 26.0 Å². The highest BCUT2D eigenvalue weighted by atomic mass is 32.2. The quantitative estimate of drug-likeness (QED) is 0.870. The average Bonchev–Trinajstić information content (AvgIpc) is 2.40. The Kier molecular flexibility index (Phi) is 4.19. The maximum absolute atomic E-state index is 13.7. The van der Waals surface area contributed by atoms with Crippen LogP contribution in [0.3, 0.4) is 0 Å². The third kappa shape index (κ3) is 2.94. The molecule has 0 saturated heterocycles. The zero-order valence-electron chi connectivity index (χ0n) is 12.2. The van der Waals surface area contributed by atoms with Crippen LogP contribution in [0.5, 0.6) is 0 Å². The van der Waals surface area contributed by atoms with Crippen molar-refractivity contribution >= 4 is 15.7 Å². The van der Waals surface area contributed by atoms with Gasteiger partial charge in [-0.3, -0.25) is 4.72 Å². The molecule has 0 radical (unpaired) electrons. The van der Waals surface area contributed by atoms with Crippen molar-refractivity contribution in [2.24, 2.45) is 0 Å². The van der Waals surface area contributed by atoms with Gasteiger partial charge in [-0.2, -0.15) is 0 Å². The van der Waals surface area contributed by atoms with E-state index in [0.717, 1.165) is 5.56 Å². The molecule has 0 amide bonds. The molecular formula is C15H14F3NO2S. The standard InChI is InChI=1S/C15H14F3NO2S/c1-8-6-9(2)15(10(3)7-8)19-22(20,21)12-5-4-11(16)13(17)14(12)18/h4-7,19H,1-3H3. The molecule has 0 heterocycles. The molecule has 0 spiro atoms. The van der Waals surface area contributed by atoms with Gasteiger partial charge in [-0.1, -0.05) is 17.7 Å². The Hall–Kier alpha value is -2.02. The van der Waals surface area contributed by atoms with Gasteiger partial charge in [0.25, 0.3) is 10.0 Å². The van der Waals surface area contributed by atoms with E-state index in [1.165, 1.54) is 0 Å². The van der Waals surface area contributed by atoms with Crippen molar-refractivity contribution in [1.82, 2.24) is 0 Å². The minimum atomic E-state index is -4.37. The molecule has 0 aliphatic rings. The lowest BCUT2D eigenvalue weighted by Gasteiger charge is -2.15. The lowest BCUT2D eigenvalue weighted by Crippen LogP contribution is -2.17. The highest BCUT2D eigenvalue weighted by Gasteiger charge is 2.25. The van der Waals surface area contributed by atoms with Crippen molar-refractivity contribution in [2.45, 2.75) is 25.7 Å². The van der Waals surface area contributed by atoms with E-state index in [2.05, 4.69) is 4.72 Å². The van der Waals surface area contributed by atoms with Crippen molar-refractivity contribution in [3.8, 4) is 0 Å². The number of nitrogens with one attached hydrogen (secondary N) is 1. The summed E-state index contributed by atoms with van der Waals surface area (Å²) in [5, 5.41) is 0. The smallest absolute Gasteiger partial charge is 0.264 e. The fraction of sp³-hybridized carbons (Fsp3) is 0.200. The number of halogens is 3. The maximum atomic E-state index is 13.7. The SMILES string of the molecule is Cc1cc(C)c(NS(=O)(=O)c2ccc(F)c(F)c2F)c(C)c1. The average molecular weight is 329 g/mol. The molecule has 0 aliphatic heterocycles. The summed E-state index contributed by atoms with van der Waals surface area (Å²) in [5.41, 5.74) is 2.51. The fourth-order valence-corrected chi connectivity index (χ4v) is 3.52. The molecule has 3 nitrogen and oxygen atoms in total. The Morgan fingerprint density at radius 2 is 1.45 bits per heavy atom. The van der Waals surface area contributed by atoms with Crippen LogP contribution in [-0.4, -0.2) is 8.42 Å². The summed E-state index contributed by atoms with van der Waals surface area (Å²) in [6.07, 6.45) is 0. The van der Waals surface area contributed by atoms with Crippen LogP contribution in [0, 0.1) is 38.2 Å². The van der Waals surface area contributed by atoms with Crippen LogP contribution in [0.1, 0.15) is 16.7 Å². The van der Waals surface area contributed by atoms with Gasteiger partial charge in [-0.15, -0.1) is 0 Å². The molecule has 0 aliphatic carbocycles. The summed E-state index contributed by atoms with van der Waals surface area (Å²) in [6, 6.07) is 4.77. The molecule has 118 valence electrons. The number of rotatable bonds is 3. The van der Waals surface area contributed by atoms with E-state index >= 15 is 0 Å². The first-order valence-corrected chi connectivity index (χ1v) is 7.86. The Labute approximate surface area is 126 Å². The topological polar surface area (TPSA) is 46.2 Å². The molecule has 2 aromatic carbocycles. The van der Waals surface area contributed by atoms with Crippen LogP contribution in [0.25, 0.3) is 0 Å². The second kappa shape index (κ2) is 5.64. The van der Waals surface area contributed by atoms with Crippen LogP contribution in [-0.2, 0) is 10.0 Å². The molecule has 2 rings (SSSR count). The molecule has 7 heteroatoms. The van der Waals surface area contributed by atoms with E-state index < -0.39 is 32.4 Å². The summed E-state index contributed by atoms with van der Waals surface area (Å²) in [4.78, 5) is -0.939. The summed E-state index contributed by atoms with van der Waals surface area (Å²) in [7, 11) is -4.37. The number of aryl methyl sites for hydroxylation is 3. The molecule has 0 aromatic heterocycles. The van der Waals surface area contributed by atoms with Crippen LogP contribution < -0.4 is 4.72 Å². The van der Waals surface area contributed by atoms with Crippen LogP contribution >= 0.6 is 0 Å². The van der Waals surface area contributed by atoms with E-state index in [9.17, 15) is 21.6 Å². The van der Waals surface area contributed by atoms with Crippen molar-refractivity contribution in [2.75, 3.05) is 4.72 Å². The van der Waals surface area contributed by atoms with Gasteiger partial charge in [0.2, 0.25) is 0 Å². The van der Waals surface area contributed by atoms with Gasteiger partial charge in [0, 0.05) is 0 Å².